The lowest BCUT2D eigenvalue weighted by atomic mass is 9.77. The van der Waals surface area contributed by atoms with Crippen LogP contribution in [0.15, 0.2) is 48.5 Å². The number of nitrogens with zero attached hydrogens (tertiary/aromatic N) is 3. The van der Waals surface area contributed by atoms with E-state index in [-0.39, 0.29) is 24.8 Å². The van der Waals surface area contributed by atoms with E-state index < -0.39 is 35.0 Å². The average molecular weight is 628 g/mol. The SMILES string of the molecule is COc1ccc2nc3c(nc2c1)O[C@H]1CN(C(=O)[C@H](C(C)(C)C)CC(=O)O[C@]2(C)C[C@H]2CCCCC3)[C@H](C=O)[C@@H]1c1ccccc1. The number of rotatable bonds is 3. The van der Waals surface area contributed by atoms with Gasteiger partial charge in [-0.3, -0.25) is 9.59 Å². The van der Waals surface area contributed by atoms with Crippen LogP contribution in [-0.4, -0.2) is 64.4 Å². The number of fused-ring (bicyclic) bond motifs is 5. The Balaban J connectivity index is 1.43. The van der Waals surface area contributed by atoms with Gasteiger partial charge in [-0.1, -0.05) is 63.9 Å². The fourth-order valence-electron chi connectivity index (χ4n) is 7.27. The average Bonchev–Trinajstić information content (AvgIpc) is 3.51. The second kappa shape index (κ2) is 12.6. The normalized spacial score (nSPS) is 29.1. The molecule has 3 aliphatic rings. The molecule has 2 aromatic carbocycles. The Morgan fingerprint density at radius 1 is 1.02 bits per heavy atom. The van der Waals surface area contributed by atoms with Crippen molar-refractivity contribution in [3.63, 3.8) is 0 Å². The number of aldehydes is 1. The number of esters is 1. The van der Waals surface area contributed by atoms with E-state index in [2.05, 4.69) is 0 Å². The molecule has 1 amide bonds. The van der Waals surface area contributed by atoms with E-state index in [1.807, 2.05) is 76.2 Å². The Labute approximate surface area is 271 Å². The summed E-state index contributed by atoms with van der Waals surface area (Å²) in [6.45, 7) is 8.03. The molecule has 2 bridgehead atoms. The predicted octanol–water partition coefficient (Wildman–Crippen LogP) is 6.07. The number of ether oxygens (including phenoxy) is 3. The number of amides is 1. The largest absolute Gasteiger partial charge is 0.497 e. The zero-order valence-electron chi connectivity index (χ0n) is 27.5. The first-order valence-corrected chi connectivity index (χ1v) is 16.5. The number of hydrogen-bond acceptors (Lipinski definition) is 8. The number of carbonyl (C=O) groups excluding carboxylic acids is 3. The van der Waals surface area contributed by atoms with Crippen molar-refractivity contribution < 1.29 is 28.6 Å². The van der Waals surface area contributed by atoms with Crippen molar-refractivity contribution in [2.24, 2.45) is 17.3 Å². The monoisotopic (exact) mass is 627 g/mol. The van der Waals surface area contributed by atoms with Gasteiger partial charge >= 0.3 is 5.97 Å². The molecule has 0 spiro atoms. The number of methoxy groups -OCH3 is 1. The third-order valence-electron chi connectivity index (χ3n) is 10.2. The highest BCUT2D eigenvalue weighted by Gasteiger charge is 2.54. The summed E-state index contributed by atoms with van der Waals surface area (Å²) in [4.78, 5) is 52.3. The van der Waals surface area contributed by atoms with Crippen molar-refractivity contribution in [2.45, 2.75) is 96.3 Å². The van der Waals surface area contributed by atoms with E-state index in [1.54, 1.807) is 12.0 Å². The van der Waals surface area contributed by atoms with E-state index in [9.17, 15) is 14.4 Å². The van der Waals surface area contributed by atoms with Gasteiger partial charge in [0, 0.05) is 12.0 Å². The van der Waals surface area contributed by atoms with Crippen LogP contribution in [0.3, 0.4) is 0 Å². The highest BCUT2D eigenvalue weighted by molar-refractivity contribution is 5.87. The highest BCUT2D eigenvalue weighted by Crippen LogP contribution is 2.50. The van der Waals surface area contributed by atoms with Crippen molar-refractivity contribution in [2.75, 3.05) is 13.7 Å². The lowest BCUT2D eigenvalue weighted by Gasteiger charge is -2.34. The zero-order valence-corrected chi connectivity index (χ0v) is 27.5. The van der Waals surface area contributed by atoms with Crippen LogP contribution in [0.4, 0.5) is 0 Å². The van der Waals surface area contributed by atoms with Gasteiger partial charge in [-0.25, -0.2) is 9.97 Å². The van der Waals surface area contributed by atoms with Crippen LogP contribution in [0, 0.1) is 17.3 Å². The van der Waals surface area contributed by atoms with Gasteiger partial charge in [0.15, 0.2) is 0 Å². The molecule has 6 atom stereocenters. The maximum Gasteiger partial charge on any atom is 0.307 e. The minimum absolute atomic E-state index is 0.0453. The molecule has 1 aliphatic carbocycles. The summed E-state index contributed by atoms with van der Waals surface area (Å²) in [5.74, 6) is -0.334. The first-order chi connectivity index (χ1) is 22.0. The first kappa shape index (κ1) is 32.0. The Morgan fingerprint density at radius 2 is 1.80 bits per heavy atom. The molecule has 46 heavy (non-hydrogen) atoms. The van der Waals surface area contributed by atoms with Crippen molar-refractivity contribution >= 4 is 29.2 Å². The molecule has 9 heteroatoms. The van der Waals surface area contributed by atoms with E-state index in [0.717, 1.165) is 55.2 Å². The number of aryl methyl sites for hydroxylation is 1. The summed E-state index contributed by atoms with van der Waals surface area (Å²) < 4.78 is 18.3. The molecule has 2 aliphatic heterocycles. The molecule has 2 fully saturated rings. The predicted molar refractivity (Wildman–Crippen MR) is 174 cm³/mol. The number of carbonyl (C=O) groups is 3. The number of benzene rings is 2. The molecule has 6 rings (SSSR count). The molecule has 3 aromatic rings. The molecule has 9 nitrogen and oxygen atoms in total. The molecule has 0 radical (unpaired) electrons. The van der Waals surface area contributed by atoms with Crippen molar-refractivity contribution in [1.82, 2.24) is 14.9 Å². The standard InChI is InChI=1S/C37H45N3O6/c1-36(2,3)26-19-32(42)46-37(4)20-24(37)14-10-7-11-15-28-34(39-29-18-25(44-5)16-17-27(29)38-28)45-31-21-40(35(26)43)30(22-41)33(31)23-12-8-6-9-13-23/h6,8-9,12-13,16-18,22,24,26,30-31,33H,7,10-11,14-15,19-21H2,1-5H3/t24-,26-,30-,31+,33+,37-/m1/s1. The molecular weight excluding hydrogens is 582 g/mol. The molecule has 1 aromatic heterocycles. The Hall–Kier alpha value is -4.01. The Morgan fingerprint density at radius 3 is 2.52 bits per heavy atom. The van der Waals surface area contributed by atoms with Crippen molar-refractivity contribution in [1.29, 1.82) is 0 Å². The summed E-state index contributed by atoms with van der Waals surface area (Å²) in [5, 5.41) is 0. The van der Waals surface area contributed by atoms with E-state index in [1.165, 1.54) is 0 Å². The summed E-state index contributed by atoms with van der Waals surface area (Å²) in [6, 6.07) is 14.5. The lowest BCUT2D eigenvalue weighted by molar-refractivity contribution is -0.158. The van der Waals surface area contributed by atoms with Crippen molar-refractivity contribution in [3.8, 4) is 11.6 Å². The van der Waals surface area contributed by atoms with Gasteiger partial charge in [-0.2, -0.15) is 0 Å². The van der Waals surface area contributed by atoms with E-state index in [0.29, 0.717) is 29.5 Å². The second-order valence-corrected chi connectivity index (χ2v) is 14.4. The fourth-order valence-corrected chi connectivity index (χ4v) is 7.27. The molecule has 1 saturated heterocycles. The first-order valence-electron chi connectivity index (χ1n) is 16.5. The van der Waals surface area contributed by atoms with Gasteiger partial charge in [-0.05, 0) is 55.7 Å². The zero-order chi connectivity index (χ0) is 32.6. The Kier molecular flexibility index (Phi) is 8.79. The van der Waals surface area contributed by atoms with Gasteiger partial charge in [0.2, 0.25) is 11.8 Å². The molecule has 0 unspecified atom stereocenters. The molecular formula is C37H45N3O6. The molecule has 1 saturated carbocycles. The maximum absolute atomic E-state index is 14.5. The van der Waals surface area contributed by atoms with Crippen LogP contribution in [0.2, 0.25) is 0 Å². The van der Waals surface area contributed by atoms with Crippen LogP contribution in [0.1, 0.15) is 83.4 Å². The van der Waals surface area contributed by atoms with E-state index in [4.69, 9.17) is 24.2 Å². The summed E-state index contributed by atoms with van der Waals surface area (Å²) in [7, 11) is 1.61. The van der Waals surface area contributed by atoms with Crippen LogP contribution >= 0.6 is 0 Å². The summed E-state index contributed by atoms with van der Waals surface area (Å²) >= 11 is 0. The van der Waals surface area contributed by atoms with Crippen LogP contribution in [0.25, 0.3) is 11.0 Å². The summed E-state index contributed by atoms with van der Waals surface area (Å²) in [5.41, 5.74) is 2.02. The molecule has 0 N–H and O–H groups in total. The number of hydrogen-bond donors (Lipinski definition) is 0. The number of aromatic nitrogens is 2. The Bertz CT molecular complexity index is 1600. The van der Waals surface area contributed by atoms with Gasteiger partial charge in [0.05, 0.1) is 49.0 Å². The van der Waals surface area contributed by atoms with Crippen LogP contribution in [-0.2, 0) is 25.5 Å². The minimum Gasteiger partial charge on any atom is -0.497 e. The lowest BCUT2D eigenvalue weighted by Crippen LogP contribution is -2.46. The smallest absolute Gasteiger partial charge is 0.307 e. The highest BCUT2D eigenvalue weighted by atomic mass is 16.6. The van der Waals surface area contributed by atoms with Crippen molar-refractivity contribution in [3.05, 3.63) is 59.8 Å². The van der Waals surface area contributed by atoms with Crippen LogP contribution in [0.5, 0.6) is 11.6 Å². The van der Waals surface area contributed by atoms with Gasteiger partial charge in [0.1, 0.15) is 29.4 Å². The van der Waals surface area contributed by atoms with Gasteiger partial charge in [-0.15, -0.1) is 0 Å². The maximum atomic E-state index is 14.5. The third kappa shape index (κ3) is 6.46. The summed E-state index contributed by atoms with van der Waals surface area (Å²) in [6.07, 6.45) is 5.63. The van der Waals surface area contributed by atoms with Gasteiger partial charge in [0.25, 0.3) is 0 Å². The second-order valence-electron chi connectivity index (χ2n) is 14.4. The van der Waals surface area contributed by atoms with Gasteiger partial charge < -0.3 is 23.9 Å². The molecule has 244 valence electrons. The van der Waals surface area contributed by atoms with Crippen LogP contribution < -0.4 is 9.47 Å². The third-order valence-corrected chi connectivity index (χ3v) is 10.2. The van der Waals surface area contributed by atoms with E-state index >= 15 is 0 Å². The molecule has 3 heterocycles. The quantitative estimate of drug-likeness (QED) is 0.254. The minimum atomic E-state index is -0.787. The topological polar surface area (TPSA) is 108 Å². The fraction of sp³-hybridized carbons (Fsp3) is 0.541.